The first kappa shape index (κ1) is 15.5. The van der Waals surface area contributed by atoms with Crippen molar-refractivity contribution in [2.45, 2.75) is 33.1 Å². The number of aliphatic imine (C=N–C) groups is 1. The van der Waals surface area contributed by atoms with Gasteiger partial charge < -0.3 is 20.5 Å². The highest BCUT2D eigenvalue weighted by atomic mass is 16.5. The Bertz CT molecular complexity index is 484. The van der Waals surface area contributed by atoms with E-state index in [-0.39, 0.29) is 0 Å². The molecule has 1 aromatic carbocycles. The Labute approximate surface area is 126 Å². The van der Waals surface area contributed by atoms with Gasteiger partial charge in [-0.15, -0.1) is 0 Å². The Kier molecular flexibility index (Phi) is 5.72. The van der Waals surface area contributed by atoms with Crippen molar-refractivity contribution >= 4 is 11.6 Å². The number of nitrogens with one attached hydrogen (secondary N) is 1. The summed E-state index contributed by atoms with van der Waals surface area (Å²) in [6.45, 7) is 6.48. The van der Waals surface area contributed by atoms with Crippen molar-refractivity contribution in [3.63, 3.8) is 0 Å². The Morgan fingerprint density at radius 3 is 2.67 bits per heavy atom. The summed E-state index contributed by atoms with van der Waals surface area (Å²) in [4.78, 5) is 4.40. The number of benzene rings is 1. The highest BCUT2D eigenvalue weighted by Crippen LogP contribution is 2.32. The number of nitrogens with zero attached hydrogens (tertiary/aromatic N) is 1. The average molecular weight is 291 g/mol. The third kappa shape index (κ3) is 4.55. The van der Waals surface area contributed by atoms with E-state index in [2.05, 4.69) is 24.2 Å². The highest BCUT2D eigenvalue weighted by molar-refractivity contribution is 5.92. The molecule has 0 fully saturated rings. The van der Waals surface area contributed by atoms with Crippen molar-refractivity contribution < 1.29 is 9.47 Å². The van der Waals surface area contributed by atoms with Crippen LogP contribution in [-0.2, 0) is 0 Å². The molecule has 0 amide bonds. The molecular formula is C16H25N3O2. The van der Waals surface area contributed by atoms with Gasteiger partial charge in [0, 0.05) is 24.7 Å². The number of rotatable bonds is 5. The second-order valence-corrected chi connectivity index (χ2v) is 5.25. The molecule has 1 aliphatic rings. The van der Waals surface area contributed by atoms with E-state index in [1.165, 1.54) is 0 Å². The maximum Gasteiger partial charge on any atom is 0.193 e. The van der Waals surface area contributed by atoms with E-state index in [4.69, 9.17) is 15.2 Å². The van der Waals surface area contributed by atoms with Crippen LogP contribution in [0.1, 0.15) is 33.1 Å². The van der Waals surface area contributed by atoms with Crippen LogP contribution in [0, 0.1) is 5.92 Å². The summed E-state index contributed by atoms with van der Waals surface area (Å²) < 4.78 is 11.3. The number of nitrogens with two attached hydrogens (primary N) is 1. The van der Waals surface area contributed by atoms with Crippen LogP contribution in [0.2, 0.25) is 0 Å². The van der Waals surface area contributed by atoms with Gasteiger partial charge in [0.15, 0.2) is 17.5 Å². The monoisotopic (exact) mass is 291 g/mol. The molecule has 0 bridgehead atoms. The fraction of sp³-hybridized carbons (Fsp3) is 0.562. The van der Waals surface area contributed by atoms with Gasteiger partial charge in [-0.1, -0.05) is 26.7 Å². The van der Waals surface area contributed by atoms with E-state index in [0.29, 0.717) is 25.1 Å². The van der Waals surface area contributed by atoms with E-state index in [0.717, 1.165) is 43.0 Å². The first-order valence-corrected chi connectivity index (χ1v) is 7.69. The molecule has 0 aromatic heterocycles. The molecule has 21 heavy (non-hydrogen) atoms. The van der Waals surface area contributed by atoms with Gasteiger partial charge in [0.2, 0.25) is 0 Å². The predicted octanol–water partition coefficient (Wildman–Crippen LogP) is 3.01. The van der Waals surface area contributed by atoms with Gasteiger partial charge in [-0.3, -0.25) is 4.99 Å². The number of hydrogen-bond donors (Lipinski definition) is 2. The molecule has 5 nitrogen and oxygen atoms in total. The summed E-state index contributed by atoms with van der Waals surface area (Å²) in [5.41, 5.74) is 6.80. The lowest BCUT2D eigenvalue weighted by Gasteiger charge is -2.12. The molecular weight excluding hydrogens is 266 g/mol. The summed E-state index contributed by atoms with van der Waals surface area (Å²) in [6.07, 6.45) is 3.14. The van der Waals surface area contributed by atoms with Gasteiger partial charge in [-0.2, -0.15) is 0 Å². The molecule has 5 heteroatoms. The second-order valence-electron chi connectivity index (χ2n) is 5.25. The minimum absolute atomic E-state index is 0.441. The zero-order chi connectivity index (χ0) is 15.1. The first-order chi connectivity index (χ1) is 10.2. The molecule has 3 N–H and O–H groups in total. The number of ether oxygens (including phenoxy) is 2. The van der Waals surface area contributed by atoms with Crippen molar-refractivity contribution in [2.24, 2.45) is 16.6 Å². The van der Waals surface area contributed by atoms with E-state index in [1.54, 1.807) is 0 Å². The summed E-state index contributed by atoms with van der Waals surface area (Å²) >= 11 is 0. The fourth-order valence-corrected chi connectivity index (χ4v) is 2.20. The number of fused-ring (bicyclic) bond motifs is 1. The van der Waals surface area contributed by atoms with Gasteiger partial charge in [0.1, 0.15) is 0 Å². The van der Waals surface area contributed by atoms with E-state index in [1.807, 2.05) is 18.2 Å². The second kappa shape index (κ2) is 7.76. The van der Waals surface area contributed by atoms with Crippen molar-refractivity contribution in [1.82, 2.24) is 0 Å². The van der Waals surface area contributed by atoms with Crippen molar-refractivity contribution in [2.75, 3.05) is 25.1 Å². The normalized spacial score (nSPS) is 14.9. The number of guanidine groups is 1. The molecule has 116 valence electrons. The van der Waals surface area contributed by atoms with Gasteiger partial charge in [0.25, 0.3) is 0 Å². The molecule has 0 saturated heterocycles. The molecule has 0 unspecified atom stereocenters. The molecule has 0 radical (unpaired) electrons. The van der Waals surface area contributed by atoms with Gasteiger partial charge in [-0.05, 0) is 18.1 Å². The molecule has 1 aromatic rings. The van der Waals surface area contributed by atoms with E-state index < -0.39 is 0 Å². The fourth-order valence-electron chi connectivity index (χ4n) is 2.20. The lowest BCUT2D eigenvalue weighted by Crippen LogP contribution is -2.23. The van der Waals surface area contributed by atoms with Crippen LogP contribution in [0.15, 0.2) is 23.2 Å². The lowest BCUT2D eigenvalue weighted by molar-refractivity contribution is 0.297. The third-order valence-corrected chi connectivity index (χ3v) is 3.69. The zero-order valence-corrected chi connectivity index (χ0v) is 12.9. The van der Waals surface area contributed by atoms with Crippen LogP contribution in [0.25, 0.3) is 0 Å². The lowest BCUT2D eigenvalue weighted by atomic mass is 10.0. The van der Waals surface area contributed by atoms with Gasteiger partial charge in [0.05, 0.1) is 13.2 Å². The minimum atomic E-state index is 0.441. The Hall–Kier alpha value is -1.91. The largest absolute Gasteiger partial charge is 0.490 e. The summed E-state index contributed by atoms with van der Waals surface area (Å²) in [6, 6.07) is 5.73. The first-order valence-electron chi connectivity index (χ1n) is 7.69. The molecule has 2 rings (SSSR count). The van der Waals surface area contributed by atoms with Crippen LogP contribution in [0.4, 0.5) is 5.69 Å². The maximum atomic E-state index is 5.94. The van der Waals surface area contributed by atoms with Gasteiger partial charge >= 0.3 is 0 Å². The smallest absolute Gasteiger partial charge is 0.193 e. The molecule has 0 spiro atoms. The Balaban J connectivity index is 1.99. The zero-order valence-electron chi connectivity index (χ0n) is 12.9. The van der Waals surface area contributed by atoms with Crippen molar-refractivity contribution in [3.05, 3.63) is 18.2 Å². The minimum Gasteiger partial charge on any atom is -0.490 e. The SMILES string of the molecule is CCC(CC)CN=C(N)Nc1ccc2c(c1)OCCCO2. The maximum absolute atomic E-state index is 5.94. The topological polar surface area (TPSA) is 68.9 Å². The van der Waals surface area contributed by atoms with E-state index >= 15 is 0 Å². The van der Waals surface area contributed by atoms with E-state index in [9.17, 15) is 0 Å². The third-order valence-electron chi connectivity index (χ3n) is 3.69. The summed E-state index contributed by atoms with van der Waals surface area (Å²) in [5, 5.41) is 3.11. The Morgan fingerprint density at radius 1 is 1.24 bits per heavy atom. The molecule has 0 aliphatic carbocycles. The van der Waals surface area contributed by atoms with Crippen LogP contribution < -0.4 is 20.5 Å². The molecule has 1 heterocycles. The van der Waals surface area contributed by atoms with Crippen LogP contribution in [-0.4, -0.2) is 25.7 Å². The van der Waals surface area contributed by atoms with Crippen LogP contribution >= 0.6 is 0 Å². The molecule has 1 aliphatic heterocycles. The standard InChI is InChI=1S/C16H25N3O2/c1-3-12(4-2)11-18-16(17)19-13-6-7-14-15(10-13)21-9-5-8-20-14/h6-7,10,12H,3-5,8-9,11H2,1-2H3,(H3,17,18,19). The predicted molar refractivity (Wildman–Crippen MR) is 86.2 cm³/mol. The highest BCUT2D eigenvalue weighted by Gasteiger charge is 2.11. The number of hydrogen-bond acceptors (Lipinski definition) is 3. The molecule has 0 saturated carbocycles. The summed E-state index contributed by atoms with van der Waals surface area (Å²) in [7, 11) is 0. The number of anilines is 1. The van der Waals surface area contributed by atoms with Gasteiger partial charge in [-0.25, -0.2) is 0 Å². The summed E-state index contributed by atoms with van der Waals surface area (Å²) in [5.74, 6) is 2.57. The molecule has 0 atom stereocenters. The van der Waals surface area contributed by atoms with Crippen LogP contribution in [0.3, 0.4) is 0 Å². The van der Waals surface area contributed by atoms with Crippen molar-refractivity contribution in [3.8, 4) is 11.5 Å². The quantitative estimate of drug-likeness (QED) is 0.646. The average Bonchev–Trinajstić information content (AvgIpc) is 2.73. The van der Waals surface area contributed by atoms with Crippen LogP contribution in [0.5, 0.6) is 11.5 Å². The van der Waals surface area contributed by atoms with Crippen molar-refractivity contribution in [1.29, 1.82) is 0 Å². The Morgan fingerprint density at radius 2 is 1.95 bits per heavy atom.